The molecule has 0 aromatic rings. The van der Waals surface area contributed by atoms with Crippen molar-refractivity contribution in [3.05, 3.63) is 0 Å². The molecule has 1 rings (SSSR count). The number of hydrogen-bond acceptors (Lipinski definition) is 3. The third kappa shape index (κ3) is 2.48. The molecule has 1 aliphatic carbocycles. The molecular weight excluding hydrogens is 156 g/mol. The maximum absolute atomic E-state index is 11.0. The van der Waals surface area contributed by atoms with Gasteiger partial charge in [-0.05, 0) is 19.8 Å². The van der Waals surface area contributed by atoms with E-state index in [0.717, 1.165) is 12.8 Å². The molecule has 3 nitrogen and oxygen atoms in total. The van der Waals surface area contributed by atoms with Crippen molar-refractivity contribution in [2.45, 2.75) is 44.8 Å². The Hall–Kier alpha value is -0.570. The van der Waals surface area contributed by atoms with E-state index in [9.17, 15) is 4.79 Å². The average Bonchev–Trinajstić information content (AvgIpc) is 2.55. The first-order valence-corrected chi connectivity index (χ1v) is 4.47. The molecule has 0 aromatic heterocycles. The number of carbonyl (C=O) groups excluding carboxylic acids is 1. The van der Waals surface area contributed by atoms with Gasteiger partial charge in [0.1, 0.15) is 0 Å². The van der Waals surface area contributed by atoms with Gasteiger partial charge in [0.05, 0.1) is 13.2 Å². The van der Waals surface area contributed by atoms with Crippen LogP contribution in [0.25, 0.3) is 0 Å². The highest BCUT2D eigenvalue weighted by Gasteiger charge is 2.22. The van der Waals surface area contributed by atoms with Gasteiger partial charge in [0, 0.05) is 0 Å². The van der Waals surface area contributed by atoms with E-state index in [-0.39, 0.29) is 12.1 Å². The van der Waals surface area contributed by atoms with E-state index in [4.69, 9.17) is 4.74 Å². The Morgan fingerprint density at radius 1 is 1.42 bits per heavy atom. The van der Waals surface area contributed by atoms with Gasteiger partial charge >= 0.3 is 5.97 Å². The van der Waals surface area contributed by atoms with E-state index in [1.54, 1.807) is 6.92 Å². The summed E-state index contributed by atoms with van der Waals surface area (Å²) >= 11 is 0. The zero-order valence-electron chi connectivity index (χ0n) is 7.71. The first kappa shape index (κ1) is 9.52. The summed E-state index contributed by atoms with van der Waals surface area (Å²) in [6, 6.07) is 0. The summed E-state index contributed by atoms with van der Waals surface area (Å²) in [6.45, 7) is 1.74. The van der Waals surface area contributed by atoms with Crippen LogP contribution in [0.1, 0.15) is 32.6 Å². The molecule has 70 valence electrons. The first-order chi connectivity index (χ1) is 5.74. The van der Waals surface area contributed by atoms with Gasteiger partial charge in [-0.2, -0.15) is 0 Å². The number of carbonyl (C=O) groups is 1. The molecule has 0 saturated heterocycles. The first-order valence-electron chi connectivity index (χ1n) is 4.47. The maximum Gasteiger partial charge on any atom is 0.334 e. The van der Waals surface area contributed by atoms with Gasteiger partial charge in [-0.3, -0.25) is 0 Å². The Kier molecular flexibility index (Phi) is 3.53. The minimum atomic E-state index is -0.405. The van der Waals surface area contributed by atoms with Crippen molar-refractivity contribution in [3.63, 3.8) is 0 Å². The van der Waals surface area contributed by atoms with Crippen LogP contribution < -0.4 is 0 Å². The molecule has 0 bridgehead atoms. The molecule has 1 aliphatic rings. The second-order valence-electron chi connectivity index (χ2n) is 3.21. The highest BCUT2D eigenvalue weighted by Crippen LogP contribution is 2.22. The summed E-state index contributed by atoms with van der Waals surface area (Å²) < 4.78 is 10.0. The summed E-state index contributed by atoms with van der Waals surface area (Å²) in [5.74, 6) is -0.276. The molecule has 3 heteroatoms. The van der Waals surface area contributed by atoms with Crippen LogP contribution in [0.4, 0.5) is 0 Å². The maximum atomic E-state index is 11.0. The van der Waals surface area contributed by atoms with Gasteiger partial charge < -0.3 is 9.47 Å². The highest BCUT2D eigenvalue weighted by atomic mass is 16.6. The Balaban J connectivity index is 2.24. The number of hydrogen-bond donors (Lipinski definition) is 0. The molecule has 0 aliphatic heterocycles. The molecule has 0 aromatic carbocycles. The minimum Gasteiger partial charge on any atom is -0.467 e. The average molecular weight is 172 g/mol. The molecule has 1 saturated carbocycles. The Labute approximate surface area is 73.0 Å². The minimum absolute atomic E-state index is 0.276. The van der Waals surface area contributed by atoms with Gasteiger partial charge in [0.25, 0.3) is 0 Å². The van der Waals surface area contributed by atoms with Gasteiger partial charge in [0.2, 0.25) is 0 Å². The number of rotatable bonds is 3. The van der Waals surface area contributed by atoms with Gasteiger partial charge in [-0.1, -0.05) is 12.8 Å². The summed E-state index contributed by atoms with van der Waals surface area (Å²) in [5.41, 5.74) is 0. The molecule has 1 fully saturated rings. The van der Waals surface area contributed by atoms with Crippen LogP contribution in [0.5, 0.6) is 0 Å². The van der Waals surface area contributed by atoms with Crippen LogP contribution in [0.3, 0.4) is 0 Å². The second kappa shape index (κ2) is 4.45. The van der Waals surface area contributed by atoms with Crippen molar-refractivity contribution in [1.82, 2.24) is 0 Å². The summed E-state index contributed by atoms with van der Waals surface area (Å²) in [6.07, 6.45) is 4.48. The molecule has 0 amide bonds. The van der Waals surface area contributed by atoms with Gasteiger partial charge in [-0.15, -0.1) is 0 Å². The Bertz CT molecular complexity index is 150. The topological polar surface area (TPSA) is 35.5 Å². The lowest BCUT2D eigenvalue weighted by Gasteiger charge is -2.15. The molecule has 1 atom stereocenters. The third-order valence-electron chi connectivity index (χ3n) is 2.23. The van der Waals surface area contributed by atoms with Crippen LogP contribution in [-0.2, 0) is 14.3 Å². The van der Waals surface area contributed by atoms with E-state index in [0.29, 0.717) is 0 Å². The van der Waals surface area contributed by atoms with E-state index in [1.807, 2.05) is 0 Å². The Morgan fingerprint density at radius 3 is 2.50 bits per heavy atom. The van der Waals surface area contributed by atoms with Crippen molar-refractivity contribution < 1.29 is 14.3 Å². The lowest BCUT2D eigenvalue weighted by molar-refractivity contribution is -0.156. The van der Waals surface area contributed by atoms with E-state index >= 15 is 0 Å². The van der Waals surface area contributed by atoms with Crippen LogP contribution in [-0.4, -0.2) is 25.3 Å². The summed E-state index contributed by atoms with van der Waals surface area (Å²) in [4.78, 5) is 11.0. The third-order valence-corrected chi connectivity index (χ3v) is 2.23. The van der Waals surface area contributed by atoms with E-state index in [1.165, 1.54) is 20.0 Å². The zero-order chi connectivity index (χ0) is 8.97. The monoisotopic (exact) mass is 172 g/mol. The van der Waals surface area contributed by atoms with Crippen molar-refractivity contribution in [2.75, 3.05) is 7.11 Å². The largest absolute Gasteiger partial charge is 0.467 e. The molecule has 12 heavy (non-hydrogen) atoms. The fraction of sp³-hybridized carbons (Fsp3) is 0.889. The summed E-state index contributed by atoms with van der Waals surface area (Å²) in [5, 5.41) is 0. The summed E-state index contributed by atoms with van der Waals surface area (Å²) in [7, 11) is 1.39. The lowest BCUT2D eigenvalue weighted by Crippen LogP contribution is -2.26. The fourth-order valence-corrected chi connectivity index (χ4v) is 1.53. The second-order valence-corrected chi connectivity index (χ2v) is 3.21. The Morgan fingerprint density at radius 2 is 2.00 bits per heavy atom. The zero-order valence-corrected chi connectivity index (χ0v) is 7.71. The standard InChI is InChI=1S/C9H16O3/c1-7(9(10)11-2)12-8-5-3-4-6-8/h7-8H,3-6H2,1-2H3/t7-/m1/s1. The SMILES string of the molecule is COC(=O)[C@@H](C)OC1CCCC1. The van der Waals surface area contributed by atoms with Crippen LogP contribution in [0.2, 0.25) is 0 Å². The fourth-order valence-electron chi connectivity index (χ4n) is 1.53. The molecule has 0 radical (unpaired) electrons. The van der Waals surface area contributed by atoms with Crippen molar-refractivity contribution in [3.8, 4) is 0 Å². The molecule has 0 N–H and O–H groups in total. The smallest absolute Gasteiger partial charge is 0.334 e. The van der Waals surface area contributed by atoms with Crippen LogP contribution >= 0.6 is 0 Å². The molecule has 0 spiro atoms. The molecule has 0 heterocycles. The van der Waals surface area contributed by atoms with Crippen LogP contribution in [0.15, 0.2) is 0 Å². The van der Waals surface area contributed by atoms with Gasteiger partial charge in [-0.25, -0.2) is 4.79 Å². The van der Waals surface area contributed by atoms with Crippen molar-refractivity contribution in [1.29, 1.82) is 0 Å². The highest BCUT2D eigenvalue weighted by molar-refractivity contribution is 5.73. The number of methoxy groups -OCH3 is 1. The lowest BCUT2D eigenvalue weighted by atomic mass is 10.3. The van der Waals surface area contributed by atoms with Crippen molar-refractivity contribution in [2.24, 2.45) is 0 Å². The number of esters is 1. The van der Waals surface area contributed by atoms with Gasteiger partial charge in [0.15, 0.2) is 6.10 Å². The molecule has 0 unspecified atom stereocenters. The normalized spacial score (nSPS) is 20.8. The van der Waals surface area contributed by atoms with E-state index in [2.05, 4.69) is 4.74 Å². The quantitative estimate of drug-likeness (QED) is 0.605. The molecular formula is C9H16O3. The predicted octanol–water partition coefficient (Wildman–Crippen LogP) is 1.51. The van der Waals surface area contributed by atoms with Crippen molar-refractivity contribution >= 4 is 5.97 Å². The van der Waals surface area contributed by atoms with Crippen LogP contribution in [0, 0.1) is 0 Å². The van der Waals surface area contributed by atoms with E-state index < -0.39 is 6.10 Å². The predicted molar refractivity (Wildman–Crippen MR) is 44.8 cm³/mol. The number of ether oxygens (including phenoxy) is 2.